The summed E-state index contributed by atoms with van der Waals surface area (Å²) >= 11 is 1.41. The van der Waals surface area contributed by atoms with Gasteiger partial charge in [-0.25, -0.2) is 13.2 Å². The lowest BCUT2D eigenvalue weighted by molar-refractivity contribution is 0.485. The molecule has 0 saturated heterocycles. The second-order valence-electron chi connectivity index (χ2n) is 4.75. The van der Waals surface area contributed by atoms with Crippen molar-refractivity contribution in [1.29, 1.82) is 0 Å². The van der Waals surface area contributed by atoms with Gasteiger partial charge in [0.05, 0.1) is 6.04 Å². The van der Waals surface area contributed by atoms with E-state index >= 15 is 0 Å². The molecule has 0 radical (unpaired) electrons. The molecule has 19 heavy (non-hydrogen) atoms. The first-order valence-corrected chi connectivity index (χ1v) is 7.08. The van der Waals surface area contributed by atoms with Gasteiger partial charge in [0.25, 0.3) is 0 Å². The van der Waals surface area contributed by atoms with E-state index in [0.717, 1.165) is 12.2 Å². The number of rotatable bonds is 2. The van der Waals surface area contributed by atoms with Gasteiger partial charge in [-0.2, -0.15) is 0 Å². The number of hydrogen-bond acceptors (Lipinski definition) is 3. The fourth-order valence-corrected chi connectivity index (χ4v) is 2.78. The van der Waals surface area contributed by atoms with E-state index in [1.807, 2.05) is 0 Å². The van der Waals surface area contributed by atoms with Gasteiger partial charge in [-0.05, 0) is 12.3 Å². The summed E-state index contributed by atoms with van der Waals surface area (Å²) in [5, 5.41) is 3.11. The molecular formula is C13H15F3N2S. The average molecular weight is 288 g/mol. The van der Waals surface area contributed by atoms with Crippen LogP contribution in [0, 0.1) is 23.4 Å². The lowest BCUT2D eigenvalue weighted by Crippen LogP contribution is -2.24. The van der Waals surface area contributed by atoms with Crippen molar-refractivity contribution in [2.75, 3.05) is 11.1 Å². The molecule has 2 nitrogen and oxygen atoms in total. The first-order chi connectivity index (χ1) is 8.97. The second-order valence-corrected chi connectivity index (χ2v) is 5.84. The van der Waals surface area contributed by atoms with Gasteiger partial charge in [0.1, 0.15) is 11.5 Å². The third-order valence-corrected chi connectivity index (χ3v) is 3.86. The zero-order valence-corrected chi connectivity index (χ0v) is 11.5. The van der Waals surface area contributed by atoms with Crippen LogP contribution in [0.3, 0.4) is 0 Å². The number of anilines is 1. The van der Waals surface area contributed by atoms with Crippen molar-refractivity contribution in [3.05, 3.63) is 29.6 Å². The maximum Gasteiger partial charge on any atom is 0.161 e. The molecule has 1 heterocycles. The van der Waals surface area contributed by atoms with E-state index in [0.29, 0.717) is 23.2 Å². The van der Waals surface area contributed by atoms with Crippen molar-refractivity contribution in [2.45, 2.75) is 26.3 Å². The zero-order chi connectivity index (χ0) is 14.0. The summed E-state index contributed by atoms with van der Waals surface area (Å²) in [5.74, 6) is -1.61. The van der Waals surface area contributed by atoms with Crippen LogP contribution in [0.15, 0.2) is 17.1 Å². The number of nitrogens with zero attached hydrogens (tertiary/aromatic N) is 1. The summed E-state index contributed by atoms with van der Waals surface area (Å²) in [6, 6.07) is 1.45. The Morgan fingerprint density at radius 3 is 2.47 bits per heavy atom. The van der Waals surface area contributed by atoms with Gasteiger partial charge in [0.15, 0.2) is 16.8 Å². The summed E-state index contributed by atoms with van der Waals surface area (Å²) in [5.41, 5.74) is -0.350. The van der Waals surface area contributed by atoms with E-state index in [-0.39, 0.29) is 11.7 Å². The van der Waals surface area contributed by atoms with E-state index in [1.54, 1.807) is 0 Å². The molecule has 0 amide bonds. The molecule has 1 atom stereocenters. The van der Waals surface area contributed by atoms with Crippen LogP contribution >= 0.6 is 11.8 Å². The Hall–Kier alpha value is -1.17. The van der Waals surface area contributed by atoms with Gasteiger partial charge in [-0.1, -0.05) is 25.6 Å². The predicted molar refractivity (Wildman–Crippen MR) is 73.1 cm³/mol. The molecule has 0 bridgehead atoms. The molecule has 2 rings (SSSR count). The monoisotopic (exact) mass is 288 g/mol. The van der Waals surface area contributed by atoms with Crippen LogP contribution < -0.4 is 5.32 Å². The van der Waals surface area contributed by atoms with Crippen molar-refractivity contribution in [1.82, 2.24) is 0 Å². The highest BCUT2D eigenvalue weighted by atomic mass is 32.2. The number of benzene rings is 1. The number of amidine groups is 1. The van der Waals surface area contributed by atoms with Crippen LogP contribution in [0.1, 0.15) is 20.3 Å². The molecule has 0 fully saturated rings. The Bertz CT molecular complexity index is 480. The lowest BCUT2D eigenvalue weighted by Gasteiger charge is -2.23. The molecule has 0 aromatic heterocycles. The van der Waals surface area contributed by atoms with Crippen LogP contribution in [0.4, 0.5) is 18.9 Å². The zero-order valence-electron chi connectivity index (χ0n) is 10.7. The van der Waals surface area contributed by atoms with Gasteiger partial charge in [-0.15, -0.1) is 0 Å². The molecule has 104 valence electrons. The minimum absolute atomic E-state index is 0.148. The van der Waals surface area contributed by atoms with Gasteiger partial charge < -0.3 is 5.32 Å². The summed E-state index contributed by atoms with van der Waals surface area (Å²) in [6.45, 7) is 4.11. The number of halogens is 3. The van der Waals surface area contributed by atoms with Crippen LogP contribution in [0.25, 0.3) is 0 Å². The summed E-state index contributed by atoms with van der Waals surface area (Å²) < 4.78 is 39.8. The predicted octanol–water partition coefficient (Wildman–Crippen LogP) is 4.03. The third-order valence-electron chi connectivity index (χ3n) is 2.94. The summed E-state index contributed by atoms with van der Waals surface area (Å²) in [6.07, 6.45) is 0.946. The maximum absolute atomic E-state index is 13.5. The molecule has 0 saturated carbocycles. The molecule has 1 aromatic carbocycles. The largest absolute Gasteiger partial charge is 0.330 e. The smallest absolute Gasteiger partial charge is 0.161 e. The Balaban J connectivity index is 2.22. The Morgan fingerprint density at radius 2 is 1.89 bits per heavy atom. The van der Waals surface area contributed by atoms with Crippen molar-refractivity contribution in [3.63, 3.8) is 0 Å². The first kappa shape index (κ1) is 14.2. The summed E-state index contributed by atoms with van der Waals surface area (Å²) in [4.78, 5) is 4.42. The molecule has 0 aliphatic carbocycles. The van der Waals surface area contributed by atoms with E-state index in [9.17, 15) is 13.2 Å². The van der Waals surface area contributed by atoms with E-state index in [1.165, 1.54) is 11.8 Å². The maximum atomic E-state index is 13.5. The van der Waals surface area contributed by atoms with E-state index in [4.69, 9.17) is 0 Å². The Labute approximate surface area is 114 Å². The average Bonchev–Trinajstić information content (AvgIpc) is 2.34. The van der Waals surface area contributed by atoms with Crippen molar-refractivity contribution < 1.29 is 13.2 Å². The minimum Gasteiger partial charge on any atom is -0.330 e. The molecular weight excluding hydrogens is 273 g/mol. The minimum atomic E-state index is -0.951. The van der Waals surface area contributed by atoms with Gasteiger partial charge >= 0.3 is 0 Å². The number of thioether (sulfide) groups is 1. The van der Waals surface area contributed by atoms with Gasteiger partial charge in [0, 0.05) is 17.9 Å². The fraction of sp³-hybridized carbons (Fsp3) is 0.462. The van der Waals surface area contributed by atoms with Crippen molar-refractivity contribution in [2.24, 2.45) is 10.9 Å². The second kappa shape index (κ2) is 5.86. The van der Waals surface area contributed by atoms with Crippen molar-refractivity contribution in [3.8, 4) is 0 Å². The standard InChI is InChI=1S/C13H15F3N2S/c1-7(2)11-3-4-19-13(17-11)18-12-9(15)5-8(14)6-10(12)16/h5-7,11H,3-4H2,1-2H3,(H,17,18). The molecule has 1 aliphatic rings. The van der Waals surface area contributed by atoms with E-state index < -0.39 is 17.5 Å². The Kier molecular flexibility index (Phi) is 4.39. The molecule has 1 aliphatic heterocycles. The quantitative estimate of drug-likeness (QED) is 0.888. The van der Waals surface area contributed by atoms with Crippen LogP contribution in [0.5, 0.6) is 0 Å². The van der Waals surface area contributed by atoms with E-state index in [2.05, 4.69) is 24.2 Å². The SMILES string of the molecule is CC(C)C1CCSC(Nc2c(F)cc(F)cc2F)=N1. The highest BCUT2D eigenvalue weighted by molar-refractivity contribution is 8.14. The highest BCUT2D eigenvalue weighted by Crippen LogP contribution is 2.26. The molecule has 0 spiro atoms. The lowest BCUT2D eigenvalue weighted by atomic mass is 10.0. The topological polar surface area (TPSA) is 24.4 Å². The number of aliphatic imine (C=N–C) groups is 1. The fourth-order valence-electron chi connectivity index (χ4n) is 1.85. The molecule has 1 N–H and O–H groups in total. The number of nitrogens with one attached hydrogen (secondary N) is 1. The molecule has 1 unspecified atom stereocenters. The molecule has 6 heteroatoms. The first-order valence-electron chi connectivity index (χ1n) is 6.09. The van der Waals surface area contributed by atoms with Crippen LogP contribution in [-0.2, 0) is 0 Å². The highest BCUT2D eigenvalue weighted by Gasteiger charge is 2.20. The Morgan fingerprint density at radius 1 is 1.26 bits per heavy atom. The van der Waals surface area contributed by atoms with Gasteiger partial charge in [-0.3, -0.25) is 4.99 Å². The van der Waals surface area contributed by atoms with Crippen molar-refractivity contribution >= 4 is 22.6 Å². The van der Waals surface area contributed by atoms with Gasteiger partial charge in [0.2, 0.25) is 0 Å². The van der Waals surface area contributed by atoms with Crippen LogP contribution in [0.2, 0.25) is 0 Å². The summed E-state index contributed by atoms with van der Waals surface area (Å²) in [7, 11) is 0. The molecule has 1 aromatic rings. The normalized spacial score (nSPS) is 19.5. The third kappa shape index (κ3) is 3.43. The number of hydrogen-bond donors (Lipinski definition) is 1. The van der Waals surface area contributed by atoms with Crippen LogP contribution in [-0.4, -0.2) is 17.0 Å².